The first-order valence-electron chi connectivity index (χ1n) is 4.39. The summed E-state index contributed by atoms with van der Waals surface area (Å²) in [6.07, 6.45) is 2.33. The van der Waals surface area contributed by atoms with Gasteiger partial charge < -0.3 is 15.9 Å². The first-order valence-corrected chi connectivity index (χ1v) is 4.39. The first kappa shape index (κ1) is 10.6. The second kappa shape index (κ2) is 3.72. The minimum atomic E-state index is -0.563. The fourth-order valence-corrected chi connectivity index (χ4v) is 1.30. The van der Waals surface area contributed by atoms with Gasteiger partial charge in [-0.2, -0.15) is 0 Å². The molecule has 0 amide bonds. The molecular weight excluding hydrogens is 178 g/mol. The van der Waals surface area contributed by atoms with Gasteiger partial charge in [-0.3, -0.25) is 0 Å². The zero-order valence-electron chi connectivity index (χ0n) is 8.20. The van der Waals surface area contributed by atoms with Crippen LogP contribution in [0.1, 0.15) is 18.9 Å². The predicted octanol–water partition coefficient (Wildman–Crippen LogP) is 1.85. The van der Waals surface area contributed by atoms with E-state index in [0.29, 0.717) is 6.42 Å². The van der Waals surface area contributed by atoms with Crippen LogP contribution >= 0.6 is 0 Å². The molecule has 0 aliphatic rings. The number of phenolic OH excluding ortho intramolecular Hbond substituents is 2. The van der Waals surface area contributed by atoms with Crippen molar-refractivity contribution in [2.75, 3.05) is 0 Å². The molecule has 0 aromatic heterocycles. The first-order chi connectivity index (χ1) is 6.47. The van der Waals surface area contributed by atoms with Crippen molar-refractivity contribution >= 4 is 0 Å². The zero-order chi connectivity index (χ0) is 10.8. The van der Waals surface area contributed by atoms with Crippen LogP contribution in [0, 0.1) is 0 Å². The molecule has 0 saturated carbocycles. The quantitative estimate of drug-likeness (QED) is 0.507. The van der Waals surface area contributed by atoms with Gasteiger partial charge in [0.05, 0.1) is 0 Å². The molecule has 1 rings (SSSR count). The number of benzene rings is 1. The summed E-state index contributed by atoms with van der Waals surface area (Å²) in [5.74, 6) is -0.286. The normalized spacial score (nSPS) is 14.7. The van der Waals surface area contributed by atoms with Crippen LogP contribution in [0.3, 0.4) is 0 Å². The lowest BCUT2D eigenvalue weighted by Crippen LogP contribution is -2.32. The van der Waals surface area contributed by atoms with E-state index >= 15 is 0 Å². The summed E-state index contributed by atoms with van der Waals surface area (Å²) < 4.78 is 0. The molecule has 1 aromatic rings. The van der Waals surface area contributed by atoms with Gasteiger partial charge in [0.15, 0.2) is 11.5 Å². The van der Waals surface area contributed by atoms with E-state index in [9.17, 15) is 5.11 Å². The van der Waals surface area contributed by atoms with Crippen LogP contribution in [-0.4, -0.2) is 10.2 Å². The maximum Gasteiger partial charge on any atom is 0.157 e. The van der Waals surface area contributed by atoms with Crippen LogP contribution in [0.15, 0.2) is 30.9 Å². The van der Waals surface area contributed by atoms with E-state index in [1.807, 2.05) is 6.92 Å². The van der Waals surface area contributed by atoms with Crippen molar-refractivity contribution in [1.29, 1.82) is 0 Å². The highest BCUT2D eigenvalue weighted by Crippen LogP contribution is 2.30. The molecule has 3 heteroatoms. The standard InChI is InChI=1S/C11H15NO2/c1-3-6-11(2,12)8-4-5-9(13)10(14)7-8/h3-5,7,13-14H,1,6,12H2,2H3/t11-/m0/s1. The zero-order valence-corrected chi connectivity index (χ0v) is 8.20. The molecule has 0 fully saturated rings. The largest absolute Gasteiger partial charge is 0.504 e. The lowest BCUT2D eigenvalue weighted by atomic mass is 9.89. The van der Waals surface area contributed by atoms with Crippen LogP contribution in [0.2, 0.25) is 0 Å². The lowest BCUT2D eigenvalue weighted by Gasteiger charge is -2.23. The Kier molecular flexibility index (Phi) is 2.81. The number of phenols is 2. The minimum Gasteiger partial charge on any atom is -0.504 e. The van der Waals surface area contributed by atoms with E-state index < -0.39 is 5.54 Å². The molecule has 3 nitrogen and oxygen atoms in total. The van der Waals surface area contributed by atoms with Crippen molar-refractivity contribution in [2.24, 2.45) is 5.73 Å². The summed E-state index contributed by atoms with van der Waals surface area (Å²) in [5, 5.41) is 18.4. The lowest BCUT2D eigenvalue weighted by molar-refractivity contribution is 0.400. The van der Waals surface area contributed by atoms with Crippen molar-refractivity contribution in [3.63, 3.8) is 0 Å². The second-order valence-corrected chi connectivity index (χ2v) is 3.61. The predicted molar refractivity (Wildman–Crippen MR) is 56.1 cm³/mol. The van der Waals surface area contributed by atoms with E-state index in [4.69, 9.17) is 10.8 Å². The van der Waals surface area contributed by atoms with Crippen LogP contribution < -0.4 is 5.73 Å². The Labute approximate surface area is 83.5 Å². The molecule has 14 heavy (non-hydrogen) atoms. The Hall–Kier alpha value is -1.48. The van der Waals surface area contributed by atoms with Crippen molar-refractivity contribution in [3.05, 3.63) is 36.4 Å². The highest BCUT2D eigenvalue weighted by molar-refractivity contribution is 5.42. The highest BCUT2D eigenvalue weighted by Gasteiger charge is 2.20. The average Bonchev–Trinajstić information content (AvgIpc) is 2.09. The van der Waals surface area contributed by atoms with Gasteiger partial charge in [-0.05, 0) is 31.0 Å². The van der Waals surface area contributed by atoms with Gasteiger partial charge in [-0.25, -0.2) is 0 Å². The van der Waals surface area contributed by atoms with Crippen molar-refractivity contribution in [2.45, 2.75) is 18.9 Å². The van der Waals surface area contributed by atoms with Gasteiger partial charge in [0, 0.05) is 5.54 Å². The van der Waals surface area contributed by atoms with E-state index in [2.05, 4.69) is 6.58 Å². The summed E-state index contributed by atoms with van der Waals surface area (Å²) in [7, 11) is 0. The Morgan fingerprint density at radius 2 is 2.07 bits per heavy atom. The molecule has 1 aromatic carbocycles. The molecular formula is C11H15NO2. The SMILES string of the molecule is C=CC[C@](C)(N)c1ccc(O)c(O)c1. The van der Waals surface area contributed by atoms with Crippen LogP contribution in [0.25, 0.3) is 0 Å². The molecule has 0 heterocycles. The van der Waals surface area contributed by atoms with Gasteiger partial charge >= 0.3 is 0 Å². The van der Waals surface area contributed by atoms with Gasteiger partial charge in [-0.1, -0.05) is 12.1 Å². The molecule has 0 aliphatic heterocycles. The van der Waals surface area contributed by atoms with Gasteiger partial charge in [0.2, 0.25) is 0 Å². The monoisotopic (exact) mass is 193 g/mol. The van der Waals surface area contributed by atoms with E-state index in [-0.39, 0.29) is 11.5 Å². The van der Waals surface area contributed by atoms with Crippen LogP contribution in [0.4, 0.5) is 0 Å². The van der Waals surface area contributed by atoms with Crippen LogP contribution in [0.5, 0.6) is 11.5 Å². The third kappa shape index (κ3) is 2.06. The van der Waals surface area contributed by atoms with Crippen molar-refractivity contribution < 1.29 is 10.2 Å². The third-order valence-electron chi connectivity index (χ3n) is 2.20. The summed E-state index contributed by atoms with van der Waals surface area (Å²) in [6.45, 7) is 5.47. The smallest absolute Gasteiger partial charge is 0.157 e. The number of hydrogen-bond donors (Lipinski definition) is 3. The van der Waals surface area contributed by atoms with Gasteiger partial charge in [0.25, 0.3) is 0 Å². The third-order valence-corrected chi connectivity index (χ3v) is 2.20. The number of rotatable bonds is 3. The molecule has 0 spiro atoms. The van der Waals surface area contributed by atoms with Gasteiger partial charge in [0.1, 0.15) is 0 Å². The molecule has 0 aliphatic carbocycles. The average molecular weight is 193 g/mol. The molecule has 0 unspecified atom stereocenters. The number of aromatic hydroxyl groups is 2. The fraction of sp³-hybridized carbons (Fsp3) is 0.273. The Morgan fingerprint density at radius 1 is 1.43 bits per heavy atom. The molecule has 0 radical (unpaired) electrons. The maximum absolute atomic E-state index is 9.30. The summed E-state index contributed by atoms with van der Waals surface area (Å²) in [4.78, 5) is 0. The molecule has 0 bridgehead atoms. The second-order valence-electron chi connectivity index (χ2n) is 3.61. The molecule has 0 saturated heterocycles. The van der Waals surface area contributed by atoms with E-state index in [1.165, 1.54) is 12.1 Å². The Morgan fingerprint density at radius 3 is 2.57 bits per heavy atom. The number of hydrogen-bond acceptors (Lipinski definition) is 3. The van der Waals surface area contributed by atoms with Crippen molar-refractivity contribution in [3.8, 4) is 11.5 Å². The summed E-state index contributed by atoms with van der Waals surface area (Å²) in [5.41, 5.74) is 6.21. The van der Waals surface area contributed by atoms with Crippen molar-refractivity contribution in [1.82, 2.24) is 0 Å². The molecule has 4 N–H and O–H groups in total. The molecule has 76 valence electrons. The van der Waals surface area contributed by atoms with Gasteiger partial charge in [-0.15, -0.1) is 6.58 Å². The maximum atomic E-state index is 9.30. The molecule has 1 atom stereocenters. The van der Waals surface area contributed by atoms with Crippen LogP contribution in [-0.2, 0) is 5.54 Å². The minimum absolute atomic E-state index is 0.136. The highest BCUT2D eigenvalue weighted by atomic mass is 16.3. The van der Waals surface area contributed by atoms with E-state index in [0.717, 1.165) is 5.56 Å². The Balaban J connectivity index is 3.07. The summed E-state index contributed by atoms with van der Waals surface area (Å²) >= 11 is 0. The number of nitrogens with two attached hydrogens (primary N) is 1. The van der Waals surface area contributed by atoms with E-state index in [1.54, 1.807) is 12.1 Å². The summed E-state index contributed by atoms with van der Waals surface area (Å²) in [6, 6.07) is 4.59. The Bertz CT molecular complexity index is 345. The topological polar surface area (TPSA) is 66.5 Å². The fourth-order valence-electron chi connectivity index (χ4n) is 1.30.